The van der Waals surface area contributed by atoms with Gasteiger partial charge in [-0.2, -0.15) is 0 Å². The van der Waals surface area contributed by atoms with Gasteiger partial charge in [-0.1, -0.05) is 30.3 Å². The normalized spacial score (nSPS) is 23.6. The number of nitrogens with one attached hydrogen (secondary N) is 1. The minimum absolute atomic E-state index is 0.718. The lowest BCUT2D eigenvalue weighted by Crippen LogP contribution is -2.46. The van der Waals surface area contributed by atoms with Gasteiger partial charge in [0.2, 0.25) is 0 Å². The van der Waals surface area contributed by atoms with Gasteiger partial charge in [-0.3, -0.25) is 0 Å². The number of nitrogens with zero attached hydrogens (tertiary/aromatic N) is 2. The topological polar surface area (TPSA) is 18.5 Å². The average molecular weight is 289 g/mol. The van der Waals surface area contributed by atoms with E-state index in [1.807, 2.05) is 0 Å². The maximum Gasteiger partial charge on any atom is 0.0230 e. The van der Waals surface area contributed by atoms with E-state index in [1.54, 1.807) is 0 Å². The van der Waals surface area contributed by atoms with Crippen LogP contribution in [0.15, 0.2) is 30.3 Å². The SMILES string of the molecule is CC1CC(NCCCN(C)Cc2ccccc2)CCN1C. The summed E-state index contributed by atoms with van der Waals surface area (Å²) in [4.78, 5) is 4.88. The summed E-state index contributed by atoms with van der Waals surface area (Å²) >= 11 is 0. The maximum absolute atomic E-state index is 3.74. The Morgan fingerprint density at radius 3 is 2.76 bits per heavy atom. The van der Waals surface area contributed by atoms with Crippen molar-refractivity contribution in [3.8, 4) is 0 Å². The summed E-state index contributed by atoms with van der Waals surface area (Å²) in [6, 6.07) is 12.2. The monoisotopic (exact) mass is 289 g/mol. The van der Waals surface area contributed by atoms with E-state index in [0.29, 0.717) is 0 Å². The molecule has 0 radical (unpaired) electrons. The third-order valence-electron chi connectivity index (χ3n) is 4.65. The highest BCUT2D eigenvalue weighted by Gasteiger charge is 2.21. The van der Waals surface area contributed by atoms with Crippen LogP contribution < -0.4 is 5.32 Å². The van der Waals surface area contributed by atoms with Gasteiger partial charge < -0.3 is 15.1 Å². The first-order valence-corrected chi connectivity index (χ1v) is 8.31. The molecule has 0 bridgehead atoms. The van der Waals surface area contributed by atoms with Crippen molar-refractivity contribution in [2.75, 3.05) is 33.7 Å². The van der Waals surface area contributed by atoms with E-state index in [2.05, 4.69) is 66.5 Å². The third kappa shape index (κ3) is 5.77. The fourth-order valence-corrected chi connectivity index (χ4v) is 3.10. The summed E-state index contributed by atoms with van der Waals surface area (Å²) in [5.74, 6) is 0. The Morgan fingerprint density at radius 2 is 2.05 bits per heavy atom. The first-order chi connectivity index (χ1) is 10.1. The zero-order valence-corrected chi connectivity index (χ0v) is 13.9. The lowest BCUT2D eigenvalue weighted by atomic mass is 9.99. The number of likely N-dealkylation sites (tertiary alicyclic amines) is 1. The molecule has 0 aliphatic carbocycles. The predicted octanol–water partition coefficient (Wildman–Crippen LogP) is 2.58. The smallest absolute Gasteiger partial charge is 0.0230 e. The molecular weight excluding hydrogens is 258 g/mol. The molecule has 0 saturated carbocycles. The van der Waals surface area contributed by atoms with Gasteiger partial charge in [-0.25, -0.2) is 0 Å². The molecule has 2 atom stereocenters. The first-order valence-electron chi connectivity index (χ1n) is 8.31. The molecule has 1 heterocycles. The van der Waals surface area contributed by atoms with Gasteiger partial charge in [0.1, 0.15) is 0 Å². The molecule has 1 aromatic carbocycles. The zero-order valence-electron chi connectivity index (χ0n) is 13.9. The number of rotatable bonds is 7. The van der Waals surface area contributed by atoms with E-state index in [0.717, 1.165) is 31.7 Å². The summed E-state index contributed by atoms with van der Waals surface area (Å²) in [5, 5.41) is 3.74. The molecule has 0 aromatic heterocycles. The highest BCUT2D eigenvalue weighted by atomic mass is 15.1. The van der Waals surface area contributed by atoms with Gasteiger partial charge >= 0.3 is 0 Å². The van der Waals surface area contributed by atoms with Gasteiger partial charge in [0, 0.05) is 18.6 Å². The van der Waals surface area contributed by atoms with Gasteiger partial charge in [0.25, 0.3) is 0 Å². The molecule has 1 aliphatic heterocycles. The van der Waals surface area contributed by atoms with Crippen LogP contribution in [-0.4, -0.2) is 55.6 Å². The highest BCUT2D eigenvalue weighted by molar-refractivity contribution is 5.14. The number of piperidine rings is 1. The molecule has 118 valence electrons. The molecule has 2 unspecified atom stereocenters. The predicted molar refractivity (Wildman–Crippen MR) is 90.5 cm³/mol. The second kappa shape index (κ2) is 8.52. The van der Waals surface area contributed by atoms with Crippen molar-refractivity contribution in [3.05, 3.63) is 35.9 Å². The van der Waals surface area contributed by atoms with E-state index < -0.39 is 0 Å². The molecule has 1 saturated heterocycles. The van der Waals surface area contributed by atoms with E-state index in [-0.39, 0.29) is 0 Å². The Kier molecular flexibility index (Phi) is 6.68. The molecule has 1 fully saturated rings. The lowest BCUT2D eigenvalue weighted by molar-refractivity contribution is 0.168. The number of benzene rings is 1. The van der Waals surface area contributed by atoms with Crippen LogP contribution in [0.1, 0.15) is 31.7 Å². The van der Waals surface area contributed by atoms with Crippen molar-refractivity contribution in [1.29, 1.82) is 0 Å². The minimum atomic E-state index is 0.718. The molecule has 21 heavy (non-hydrogen) atoms. The van der Waals surface area contributed by atoms with Crippen molar-refractivity contribution < 1.29 is 0 Å². The minimum Gasteiger partial charge on any atom is -0.314 e. The van der Waals surface area contributed by atoms with Crippen molar-refractivity contribution >= 4 is 0 Å². The second-order valence-electron chi connectivity index (χ2n) is 6.58. The van der Waals surface area contributed by atoms with E-state index in [1.165, 1.54) is 31.4 Å². The molecule has 3 nitrogen and oxygen atoms in total. The van der Waals surface area contributed by atoms with Crippen LogP contribution in [0.5, 0.6) is 0 Å². The first kappa shape index (κ1) is 16.5. The van der Waals surface area contributed by atoms with Crippen LogP contribution in [0.2, 0.25) is 0 Å². The van der Waals surface area contributed by atoms with Gasteiger partial charge in [0.15, 0.2) is 0 Å². The zero-order chi connectivity index (χ0) is 15.1. The van der Waals surface area contributed by atoms with Crippen molar-refractivity contribution in [2.45, 2.75) is 44.8 Å². The fraction of sp³-hybridized carbons (Fsp3) is 0.667. The van der Waals surface area contributed by atoms with Gasteiger partial charge in [-0.15, -0.1) is 0 Å². The Bertz CT molecular complexity index is 393. The number of hydrogen-bond acceptors (Lipinski definition) is 3. The van der Waals surface area contributed by atoms with Gasteiger partial charge in [0.05, 0.1) is 0 Å². The van der Waals surface area contributed by atoms with Gasteiger partial charge in [-0.05, 0) is 65.5 Å². The molecule has 1 aliphatic rings. The largest absolute Gasteiger partial charge is 0.314 e. The summed E-state index contributed by atoms with van der Waals surface area (Å²) in [6.45, 7) is 6.91. The fourth-order valence-electron chi connectivity index (χ4n) is 3.10. The van der Waals surface area contributed by atoms with Crippen LogP contribution >= 0.6 is 0 Å². The highest BCUT2D eigenvalue weighted by Crippen LogP contribution is 2.15. The number of hydrogen-bond donors (Lipinski definition) is 1. The Hall–Kier alpha value is -0.900. The van der Waals surface area contributed by atoms with Crippen LogP contribution in [0, 0.1) is 0 Å². The molecular formula is C18H31N3. The molecule has 1 N–H and O–H groups in total. The van der Waals surface area contributed by atoms with Crippen LogP contribution in [0.3, 0.4) is 0 Å². The van der Waals surface area contributed by atoms with Crippen LogP contribution in [0.4, 0.5) is 0 Å². The third-order valence-corrected chi connectivity index (χ3v) is 4.65. The van der Waals surface area contributed by atoms with E-state index >= 15 is 0 Å². The molecule has 2 rings (SSSR count). The van der Waals surface area contributed by atoms with Crippen molar-refractivity contribution in [2.24, 2.45) is 0 Å². The van der Waals surface area contributed by atoms with E-state index in [9.17, 15) is 0 Å². The van der Waals surface area contributed by atoms with Crippen molar-refractivity contribution in [3.63, 3.8) is 0 Å². The lowest BCUT2D eigenvalue weighted by Gasteiger charge is -2.35. The average Bonchev–Trinajstić information content (AvgIpc) is 2.48. The summed E-state index contributed by atoms with van der Waals surface area (Å²) in [6.07, 6.45) is 3.81. The summed E-state index contributed by atoms with van der Waals surface area (Å²) in [5.41, 5.74) is 1.40. The Balaban J connectivity index is 1.57. The maximum atomic E-state index is 3.74. The summed E-state index contributed by atoms with van der Waals surface area (Å²) in [7, 11) is 4.45. The molecule has 3 heteroatoms. The second-order valence-corrected chi connectivity index (χ2v) is 6.58. The van der Waals surface area contributed by atoms with Crippen LogP contribution in [-0.2, 0) is 6.54 Å². The van der Waals surface area contributed by atoms with Crippen LogP contribution in [0.25, 0.3) is 0 Å². The Labute approximate surface area is 130 Å². The standard InChI is InChI=1S/C18H31N3/c1-16-14-18(10-13-21(16)3)19-11-7-12-20(2)15-17-8-5-4-6-9-17/h4-6,8-9,16,18-19H,7,10-15H2,1-3H3. The quantitative estimate of drug-likeness (QED) is 0.778. The summed E-state index contributed by atoms with van der Waals surface area (Å²) < 4.78 is 0. The van der Waals surface area contributed by atoms with E-state index in [4.69, 9.17) is 0 Å². The molecule has 0 spiro atoms. The molecule has 1 aromatic rings. The molecule has 0 amide bonds. The Morgan fingerprint density at radius 1 is 1.29 bits per heavy atom. The van der Waals surface area contributed by atoms with Crippen molar-refractivity contribution in [1.82, 2.24) is 15.1 Å².